The van der Waals surface area contributed by atoms with E-state index in [0.717, 1.165) is 18.2 Å². The predicted molar refractivity (Wildman–Crippen MR) is 120 cm³/mol. The number of carbonyl (C=O) groups excluding carboxylic acids is 2. The Labute approximate surface area is 206 Å². The highest BCUT2D eigenvalue weighted by Crippen LogP contribution is 2.34. The third kappa shape index (κ3) is 5.33. The third-order valence-corrected chi connectivity index (χ3v) is 6.08. The van der Waals surface area contributed by atoms with Gasteiger partial charge in [-0.15, -0.1) is 0 Å². The van der Waals surface area contributed by atoms with Crippen LogP contribution in [0.4, 0.5) is 32.0 Å². The summed E-state index contributed by atoms with van der Waals surface area (Å²) in [6.07, 6.45) is -4.99. The fraction of sp³-hybridized carbons (Fsp3) is 0.200. The predicted octanol–water partition coefficient (Wildman–Crippen LogP) is 6.16. The smallest absolute Gasteiger partial charge is 0.334 e. The molecule has 0 saturated heterocycles. The first kappa shape index (κ1) is 25.6. The number of amides is 2. The second-order valence-electron chi connectivity index (χ2n) is 8.20. The fourth-order valence-electron chi connectivity index (χ4n) is 4.04. The Morgan fingerprint density at radius 3 is 2.39 bits per heavy atom. The second-order valence-corrected chi connectivity index (χ2v) is 8.61. The normalized spacial score (nSPS) is 13.4. The number of fused-ring (bicyclic) bond motifs is 1. The maximum absolute atomic E-state index is 14.1. The molecule has 0 radical (unpaired) electrons. The molecule has 2 amide bonds. The first-order chi connectivity index (χ1) is 16.9. The van der Waals surface area contributed by atoms with Gasteiger partial charge >= 0.3 is 6.18 Å². The van der Waals surface area contributed by atoms with Crippen LogP contribution in [0.1, 0.15) is 32.6 Å². The summed E-state index contributed by atoms with van der Waals surface area (Å²) < 4.78 is 79.3. The largest absolute Gasteiger partial charge is 0.419 e. The summed E-state index contributed by atoms with van der Waals surface area (Å²) in [5.74, 6) is -4.51. The van der Waals surface area contributed by atoms with Crippen molar-refractivity contribution in [2.24, 2.45) is 0 Å². The molecule has 0 aromatic heterocycles. The van der Waals surface area contributed by atoms with Gasteiger partial charge in [0.15, 0.2) is 0 Å². The molecule has 0 saturated carbocycles. The number of anilines is 1. The summed E-state index contributed by atoms with van der Waals surface area (Å²) in [7, 11) is 0. The average molecular weight is 527 g/mol. The standard InChI is InChI=1S/C25H17ClF6N2O2/c26-19-6-2-14-12-34(24(36)17-4-3-15(27)11-20(17)28)8-7-16(14)23(19)33-22(35)10-13-1-5-18(21(29)9-13)25(30,31)32/h1-6,9,11H,7-8,10,12H2,(H,33,35). The minimum absolute atomic E-state index is 0.0389. The number of rotatable bonds is 4. The minimum atomic E-state index is -4.85. The lowest BCUT2D eigenvalue weighted by Crippen LogP contribution is -2.37. The van der Waals surface area contributed by atoms with E-state index in [1.165, 1.54) is 11.0 Å². The molecule has 1 N–H and O–H groups in total. The molecule has 0 fully saturated rings. The van der Waals surface area contributed by atoms with Crippen LogP contribution in [0.3, 0.4) is 0 Å². The monoisotopic (exact) mass is 526 g/mol. The van der Waals surface area contributed by atoms with Gasteiger partial charge in [-0.25, -0.2) is 13.2 Å². The topological polar surface area (TPSA) is 49.4 Å². The number of halogens is 7. The molecule has 0 bridgehead atoms. The molecule has 3 aromatic rings. The molecule has 3 aromatic carbocycles. The number of nitrogens with one attached hydrogen (secondary N) is 1. The quantitative estimate of drug-likeness (QED) is 0.414. The Bertz CT molecular complexity index is 1360. The van der Waals surface area contributed by atoms with Gasteiger partial charge in [0, 0.05) is 19.2 Å². The molecule has 1 aliphatic heterocycles. The van der Waals surface area contributed by atoms with Gasteiger partial charge in [0.2, 0.25) is 5.91 Å². The minimum Gasteiger partial charge on any atom is -0.334 e. The molecule has 0 aliphatic carbocycles. The molecule has 0 atom stereocenters. The van der Waals surface area contributed by atoms with E-state index in [1.54, 1.807) is 6.07 Å². The lowest BCUT2D eigenvalue weighted by atomic mass is 9.96. The van der Waals surface area contributed by atoms with Gasteiger partial charge in [-0.3, -0.25) is 9.59 Å². The van der Waals surface area contributed by atoms with Gasteiger partial charge in [0.1, 0.15) is 17.5 Å². The van der Waals surface area contributed by atoms with Crippen LogP contribution in [0.25, 0.3) is 0 Å². The number of hydrogen-bond donors (Lipinski definition) is 1. The number of alkyl halides is 3. The van der Waals surface area contributed by atoms with E-state index in [-0.39, 0.29) is 41.3 Å². The molecule has 0 unspecified atom stereocenters. The lowest BCUT2D eigenvalue weighted by Gasteiger charge is -2.30. The fourth-order valence-corrected chi connectivity index (χ4v) is 4.26. The van der Waals surface area contributed by atoms with Crippen molar-refractivity contribution >= 4 is 29.1 Å². The van der Waals surface area contributed by atoms with Crippen LogP contribution in [0.15, 0.2) is 48.5 Å². The summed E-state index contributed by atoms with van der Waals surface area (Å²) >= 11 is 6.27. The Hall–Kier alpha value is -3.53. The second kappa shape index (κ2) is 9.85. The zero-order valence-electron chi connectivity index (χ0n) is 18.4. The molecule has 1 heterocycles. The highest BCUT2D eigenvalue weighted by Gasteiger charge is 2.34. The van der Waals surface area contributed by atoms with Gasteiger partial charge in [0.25, 0.3) is 5.91 Å². The van der Waals surface area contributed by atoms with E-state index < -0.39 is 47.4 Å². The third-order valence-electron chi connectivity index (χ3n) is 5.77. The molecule has 188 valence electrons. The van der Waals surface area contributed by atoms with E-state index >= 15 is 0 Å². The van der Waals surface area contributed by atoms with Crippen LogP contribution >= 0.6 is 11.6 Å². The Morgan fingerprint density at radius 2 is 1.72 bits per heavy atom. The van der Waals surface area contributed by atoms with Crippen LogP contribution in [-0.4, -0.2) is 23.3 Å². The van der Waals surface area contributed by atoms with E-state index in [1.807, 2.05) is 0 Å². The maximum Gasteiger partial charge on any atom is 0.419 e. The summed E-state index contributed by atoms with van der Waals surface area (Å²) in [4.78, 5) is 26.7. The van der Waals surface area contributed by atoms with Crippen molar-refractivity contribution in [3.05, 3.63) is 98.8 Å². The van der Waals surface area contributed by atoms with E-state index in [0.29, 0.717) is 29.3 Å². The lowest BCUT2D eigenvalue weighted by molar-refractivity contribution is -0.140. The van der Waals surface area contributed by atoms with Gasteiger partial charge < -0.3 is 10.2 Å². The molecular formula is C25H17ClF6N2O2. The van der Waals surface area contributed by atoms with Gasteiger partial charge in [-0.1, -0.05) is 23.7 Å². The summed E-state index contributed by atoms with van der Waals surface area (Å²) in [5.41, 5.74) is -0.114. The van der Waals surface area contributed by atoms with Crippen molar-refractivity contribution in [2.75, 3.05) is 11.9 Å². The van der Waals surface area contributed by atoms with Crippen LogP contribution in [0.5, 0.6) is 0 Å². The molecular weight excluding hydrogens is 510 g/mol. The van der Waals surface area contributed by atoms with E-state index in [4.69, 9.17) is 11.6 Å². The van der Waals surface area contributed by atoms with E-state index in [2.05, 4.69) is 5.32 Å². The van der Waals surface area contributed by atoms with Gasteiger partial charge in [-0.2, -0.15) is 13.2 Å². The Kier molecular flexibility index (Phi) is 6.99. The first-order valence-corrected chi connectivity index (χ1v) is 11.0. The zero-order chi connectivity index (χ0) is 26.2. The number of benzene rings is 3. The molecule has 4 rings (SSSR count). The number of hydrogen-bond acceptors (Lipinski definition) is 2. The molecule has 0 spiro atoms. The number of nitrogens with zero attached hydrogens (tertiary/aromatic N) is 1. The van der Waals surface area contributed by atoms with Crippen molar-refractivity contribution in [3.63, 3.8) is 0 Å². The van der Waals surface area contributed by atoms with Crippen molar-refractivity contribution < 1.29 is 35.9 Å². The molecule has 4 nitrogen and oxygen atoms in total. The van der Waals surface area contributed by atoms with E-state index in [9.17, 15) is 35.9 Å². The van der Waals surface area contributed by atoms with Gasteiger partial charge in [-0.05, 0) is 53.4 Å². The van der Waals surface area contributed by atoms with Crippen molar-refractivity contribution in [1.29, 1.82) is 0 Å². The van der Waals surface area contributed by atoms with Gasteiger partial charge in [0.05, 0.1) is 28.3 Å². The van der Waals surface area contributed by atoms with Crippen molar-refractivity contribution in [1.82, 2.24) is 4.90 Å². The zero-order valence-corrected chi connectivity index (χ0v) is 19.1. The highest BCUT2D eigenvalue weighted by atomic mass is 35.5. The SMILES string of the molecule is O=C(Cc1ccc(C(F)(F)F)c(F)c1)Nc1c(Cl)ccc2c1CCN(C(=O)c1ccc(F)cc1F)C2. The Balaban J connectivity index is 1.50. The van der Waals surface area contributed by atoms with Crippen LogP contribution in [-0.2, 0) is 30.4 Å². The number of carbonyl (C=O) groups is 2. The van der Waals surface area contributed by atoms with Crippen LogP contribution in [0, 0.1) is 17.5 Å². The summed E-state index contributed by atoms with van der Waals surface area (Å²) in [6, 6.07) is 8.09. The summed E-state index contributed by atoms with van der Waals surface area (Å²) in [5, 5.41) is 2.82. The van der Waals surface area contributed by atoms with Crippen LogP contribution in [0.2, 0.25) is 5.02 Å². The highest BCUT2D eigenvalue weighted by molar-refractivity contribution is 6.34. The summed E-state index contributed by atoms with van der Waals surface area (Å²) in [6.45, 7) is 0.241. The molecule has 11 heteroatoms. The maximum atomic E-state index is 14.1. The van der Waals surface area contributed by atoms with Crippen molar-refractivity contribution in [2.45, 2.75) is 25.6 Å². The average Bonchev–Trinajstić information content (AvgIpc) is 2.79. The van der Waals surface area contributed by atoms with Crippen molar-refractivity contribution in [3.8, 4) is 0 Å². The molecule has 1 aliphatic rings. The Morgan fingerprint density at radius 1 is 0.972 bits per heavy atom. The van der Waals surface area contributed by atoms with Crippen LogP contribution < -0.4 is 5.32 Å². The first-order valence-electron chi connectivity index (χ1n) is 10.6. The molecule has 36 heavy (non-hydrogen) atoms.